The Kier molecular flexibility index (Phi) is 6.94. The van der Waals surface area contributed by atoms with Gasteiger partial charge >= 0.3 is 18.0 Å². The van der Waals surface area contributed by atoms with Gasteiger partial charge in [0, 0.05) is 19.5 Å². The summed E-state index contributed by atoms with van der Waals surface area (Å²) in [5, 5.41) is 15.5. The van der Waals surface area contributed by atoms with Crippen molar-refractivity contribution in [2.75, 3.05) is 38.2 Å². The number of piperidine rings is 1. The summed E-state index contributed by atoms with van der Waals surface area (Å²) in [5.74, 6) is -0.546. The van der Waals surface area contributed by atoms with Gasteiger partial charge in [0.25, 0.3) is 5.89 Å². The Morgan fingerprint density at radius 2 is 1.91 bits per heavy atom. The molecule has 0 unspecified atom stereocenters. The number of amides is 1. The number of carboxylic acid groups (broad SMARTS) is 1. The van der Waals surface area contributed by atoms with Gasteiger partial charge in [-0.1, -0.05) is 11.6 Å². The smallest absolute Gasteiger partial charge is 0.437 e. The second kappa shape index (κ2) is 9.74. The average Bonchev–Trinajstić information content (AvgIpc) is 3.16. The van der Waals surface area contributed by atoms with E-state index in [1.165, 1.54) is 10.7 Å². The number of benzene rings is 1. The summed E-state index contributed by atoms with van der Waals surface area (Å²) >= 11 is 6.25. The lowest BCUT2D eigenvalue weighted by Gasteiger charge is -2.31. The molecule has 2 aromatic rings. The molecule has 1 fully saturated rings. The van der Waals surface area contributed by atoms with Crippen LogP contribution in [0.4, 0.5) is 23.7 Å². The molecule has 2 N–H and O–H groups in total. The van der Waals surface area contributed by atoms with Gasteiger partial charge in [0.15, 0.2) is 11.5 Å². The van der Waals surface area contributed by atoms with Crippen molar-refractivity contribution < 1.29 is 37.0 Å². The number of likely N-dealkylation sites (tertiary alicyclic amines) is 1. The zero-order valence-electron chi connectivity index (χ0n) is 17.9. The fourth-order valence-corrected chi connectivity index (χ4v) is 4.32. The molecule has 1 saturated heterocycles. The summed E-state index contributed by atoms with van der Waals surface area (Å²) in [7, 11) is 0. The van der Waals surface area contributed by atoms with Crippen LogP contribution in [0.3, 0.4) is 0 Å². The van der Waals surface area contributed by atoms with E-state index in [4.69, 9.17) is 30.6 Å². The van der Waals surface area contributed by atoms with E-state index in [1.807, 2.05) is 4.90 Å². The van der Waals surface area contributed by atoms with Crippen molar-refractivity contribution in [2.24, 2.45) is 0 Å². The van der Waals surface area contributed by atoms with Crippen LogP contribution in [0.2, 0.25) is 5.02 Å². The Bertz CT molecular complexity index is 1110. The van der Waals surface area contributed by atoms with Gasteiger partial charge in [-0.15, -0.1) is 5.10 Å². The summed E-state index contributed by atoms with van der Waals surface area (Å²) in [6.07, 6.45) is -5.25. The predicted molar refractivity (Wildman–Crippen MR) is 114 cm³/mol. The third-order valence-corrected chi connectivity index (χ3v) is 5.93. The number of anilines is 1. The lowest BCUT2D eigenvalue weighted by Crippen LogP contribution is -2.37. The molecule has 0 bridgehead atoms. The Balaban J connectivity index is 1.51. The molecule has 1 aromatic heterocycles. The van der Waals surface area contributed by atoms with Crippen LogP contribution >= 0.6 is 11.6 Å². The number of halogens is 4. The molecule has 1 aromatic carbocycles. The van der Waals surface area contributed by atoms with Crippen molar-refractivity contribution in [1.29, 1.82) is 0 Å². The highest BCUT2D eigenvalue weighted by atomic mass is 35.5. The second-order valence-corrected chi connectivity index (χ2v) is 8.38. The van der Waals surface area contributed by atoms with Crippen LogP contribution in [0.1, 0.15) is 31.7 Å². The molecule has 4 rings (SSSR count). The quantitative estimate of drug-likeness (QED) is 0.603. The van der Waals surface area contributed by atoms with Crippen LogP contribution in [0.25, 0.3) is 11.5 Å². The summed E-state index contributed by atoms with van der Waals surface area (Å²) in [5.41, 5.74) is 0.239. The van der Waals surface area contributed by atoms with Gasteiger partial charge in [-0.2, -0.15) is 17.9 Å². The van der Waals surface area contributed by atoms with Crippen LogP contribution in [0.5, 0.6) is 11.5 Å². The first kappa shape index (κ1) is 24.2. The van der Waals surface area contributed by atoms with Crippen molar-refractivity contribution in [3.8, 4) is 23.0 Å². The van der Waals surface area contributed by atoms with E-state index in [2.05, 4.69) is 10.4 Å². The molecule has 1 amide bonds. The maximum atomic E-state index is 12.5. The number of fused-ring (bicyclic) bond motifs is 1. The fourth-order valence-electron chi connectivity index (χ4n) is 4.08. The van der Waals surface area contributed by atoms with Crippen LogP contribution in [0, 0.1) is 0 Å². The molecule has 2 aliphatic heterocycles. The number of carbonyl (C=O) groups is 1. The van der Waals surface area contributed by atoms with Crippen LogP contribution < -0.4 is 20.5 Å². The molecule has 0 spiro atoms. The molecule has 2 aliphatic rings. The van der Waals surface area contributed by atoms with Crippen LogP contribution in [-0.2, 0) is 0 Å². The van der Waals surface area contributed by atoms with Crippen molar-refractivity contribution in [2.45, 2.75) is 37.9 Å². The molecule has 0 radical (unpaired) electrons. The molecule has 0 atom stereocenters. The van der Waals surface area contributed by atoms with Crippen molar-refractivity contribution in [1.82, 2.24) is 14.7 Å². The van der Waals surface area contributed by atoms with E-state index >= 15 is 0 Å². The third kappa shape index (κ3) is 5.41. The molecule has 10 nitrogen and oxygen atoms in total. The highest BCUT2D eigenvalue weighted by Crippen LogP contribution is 2.48. The minimum absolute atomic E-state index is 0.00557. The second-order valence-electron chi connectivity index (χ2n) is 7.98. The number of ether oxygens (including phenoxy) is 2. The number of aromatic nitrogens is 2. The number of rotatable bonds is 6. The topological polar surface area (TPSA) is 119 Å². The van der Waals surface area contributed by atoms with Crippen LogP contribution in [-0.4, -0.2) is 64.9 Å². The normalized spacial score (nSPS) is 17.1. The van der Waals surface area contributed by atoms with Crippen molar-refractivity contribution in [3.05, 3.63) is 21.6 Å². The van der Waals surface area contributed by atoms with E-state index < -0.39 is 24.4 Å². The third-order valence-electron chi connectivity index (χ3n) is 5.63. The maximum absolute atomic E-state index is 12.5. The number of hydrogen-bond donors (Lipinski definition) is 2. The van der Waals surface area contributed by atoms with E-state index in [0.29, 0.717) is 32.5 Å². The Morgan fingerprint density at radius 1 is 1.24 bits per heavy atom. The molecule has 0 aliphatic carbocycles. The van der Waals surface area contributed by atoms with Gasteiger partial charge in [-0.25, -0.2) is 9.59 Å². The lowest BCUT2D eigenvalue weighted by molar-refractivity contribution is -0.136. The van der Waals surface area contributed by atoms with Crippen molar-refractivity contribution >= 4 is 23.4 Å². The van der Waals surface area contributed by atoms with Gasteiger partial charge < -0.3 is 23.9 Å². The molecule has 186 valence electrons. The van der Waals surface area contributed by atoms with Gasteiger partial charge in [-0.05, 0) is 31.9 Å². The van der Waals surface area contributed by atoms with E-state index in [0.717, 1.165) is 0 Å². The largest absolute Gasteiger partial charge is 0.485 e. The number of nitrogens with one attached hydrogen (secondary N) is 1. The number of nitrogens with zero attached hydrogens (tertiary/aromatic N) is 3. The summed E-state index contributed by atoms with van der Waals surface area (Å²) in [6.45, 7) is 1.76. The molecule has 3 heterocycles. The first-order chi connectivity index (χ1) is 16.1. The van der Waals surface area contributed by atoms with E-state index in [9.17, 15) is 22.8 Å². The first-order valence-electron chi connectivity index (χ1n) is 10.6. The molecular formula is C20H22ClF3N4O6. The molecular weight excluding hydrogens is 485 g/mol. The van der Waals surface area contributed by atoms with Gasteiger partial charge in [0.05, 0.1) is 16.6 Å². The van der Waals surface area contributed by atoms with Crippen LogP contribution in [0.15, 0.2) is 15.3 Å². The standard InChI is InChI=1S/C20H22ClF3N4O6/c21-13-10-12(15-16(33-9-8-32-15)14(13)25-18(29)30)17-26-28(19(31)34-17)11-2-6-27(7-3-11)5-1-4-20(22,23)24/h10-11,25H,1-9H2,(H,29,30). The van der Waals surface area contributed by atoms with E-state index in [-0.39, 0.29) is 59.3 Å². The summed E-state index contributed by atoms with van der Waals surface area (Å²) in [6, 6.07) is 1.10. The summed E-state index contributed by atoms with van der Waals surface area (Å²) < 4.78 is 54.8. The van der Waals surface area contributed by atoms with Gasteiger partial charge in [0.2, 0.25) is 0 Å². The fraction of sp³-hybridized carbons (Fsp3) is 0.550. The minimum Gasteiger partial charge on any atom is -0.485 e. The van der Waals surface area contributed by atoms with Crippen molar-refractivity contribution in [3.63, 3.8) is 0 Å². The minimum atomic E-state index is -4.17. The highest BCUT2D eigenvalue weighted by molar-refractivity contribution is 6.34. The molecule has 0 saturated carbocycles. The van der Waals surface area contributed by atoms with E-state index in [1.54, 1.807) is 0 Å². The lowest BCUT2D eigenvalue weighted by atomic mass is 10.1. The highest BCUT2D eigenvalue weighted by Gasteiger charge is 2.31. The molecule has 14 heteroatoms. The number of hydrogen-bond acceptors (Lipinski definition) is 7. The molecule has 34 heavy (non-hydrogen) atoms. The van der Waals surface area contributed by atoms with Gasteiger partial charge in [-0.3, -0.25) is 5.32 Å². The average molecular weight is 507 g/mol. The maximum Gasteiger partial charge on any atom is 0.437 e. The Labute approximate surface area is 196 Å². The monoisotopic (exact) mass is 506 g/mol. The first-order valence-corrected chi connectivity index (χ1v) is 11.0. The Morgan fingerprint density at radius 3 is 2.56 bits per heavy atom. The predicted octanol–water partition coefficient (Wildman–Crippen LogP) is 4.00. The zero-order valence-corrected chi connectivity index (χ0v) is 18.6. The zero-order chi connectivity index (χ0) is 24.5. The Hall–Kier alpha value is -2.93. The van der Waals surface area contributed by atoms with Gasteiger partial charge in [0.1, 0.15) is 18.9 Å². The summed E-state index contributed by atoms with van der Waals surface area (Å²) in [4.78, 5) is 25.6. The SMILES string of the molecule is O=C(O)Nc1c(Cl)cc(-c2nn(C3CCN(CCCC(F)(F)F)CC3)c(=O)o2)c2c1OCCO2. The number of alkyl halides is 3.